The minimum absolute atomic E-state index is 0.156. The molecule has 2 aromatic carbocycles. The molecule has 0 atom stereocenters. The van der Waals surface area contributed by atoms with Gasteiger partial charge in [0.2, 0.25) is 5.91 Å². The van der Waals surface area contributed by atoms with Gasteiger partial charge in [0.15, 0.2) is 0 Å². The fraction of sp³-hybridized carbons (Fsp3) is 0.320. The topological polar surface area (TPSA) is 69.7 Å². The van der Waals surface area contributed by atoms with Crippen molar-refractivity contribution in [3.63, 3.8) is 0 Å². The molecule has 2 heterocycles. The number of nitrogens with one attached hydrogen (secondary N) is 1. The van der Waals surface area contributed by atoms with Gasteiger partial charge in [-0.3, -0.25) is 19.3 Å². The van der Waals surface area contributed by atoms with E-state index < -0.39 is 0 Å². The lowest BCUT2D eigenvalue weighted by molar-refractivity contribution is -0.138. The van der Waals surface area contributed by atoms with Gasteiger partial charge in [-0.2, -0.15) is 0 Å². The van der Waals surface area contributed by atoms with E-state index in [1.807, 2.05) is 30.3 Å². The molecule has 6 nitrogen and oxygen atoms in total. The number of amides is 3. The van der Waals surface area contributed by atoms with Gasteiger partial charge < -0.3 is 10.2 Å². The first-order chi connectivity index (χ1) is 14.9. The Morgan fingerprint density at radius 1 is 0.968 bits per heavy atom. The van der Waals surface area contributed by atoms with Crippen LogP contribution in [0.15, 0.2) is 60.3 Å². The zero-order valence-electron chi connectivity index (χ0n) is 17.9. The van der Waals surface area contributed by atoms with E-state index in [1.54, 1.807) is 24.3 Å². The van der Waals surface area contributed by atoms with Crippen LogP contribution in [0.5, 0.6) is 0 Å². The average Bonchev–Trinajstić information content (AvgIpc) is 3.00. The molecule has 3 amide bonds. The fourth-order valence-electron chi connectivity index (χ4n) is 4.18. The molecular weight excluding hydrogens is 390 g/mol. The van der Waals surface area contributed by atoms with Gasteiger partial charge >= 0.3 is 0 Å². The fourth-order valence-corrected chi connectivity index (χ4v) is 4.18. The maximum absolute atomic E-state index is 13.5. The van der Waals surface area contributed by atoms with Crippen molar-refractivity contribution in [3.8, 4) is 0 Å². The van der Waals surface area contributed by atoms with Crippen molar-refractivity contribution < 1.29 is 14.4 Å². The minimum Gasteiger partial charge on any atom is -0.366 e. The number of likely N-dealkylation sites (tertiary alicyclic amines) is 1. The predicted molar refractivity (Wildman–Crippen MR) is 120 cm³/mol. The summed E-state index contributed by atoms with van der Waals surface area (Å²) in [6.07, 6.45) is 2.00. The maximum atomic E-state index is 13.5. The summed E-state index contributed by atoms with van der Waals surface area (Å²) >= 11 is 0. The summed E-state index contributed by atoms with van der Waals surface area (Å²) < 4.78 is 0. The van der Waals surface area contributed by atoms with Crippen molar-refractivity contribution in [2.75, 3.05) is 18.4 Å². The number of nitrogens with zero attached hydrogens (tertiary/aromatic N) is 2. The monoisotopic (exact) mass is 417 g/mol. The standard InChI is InChI=1S/C25H27N3O3/c1-17-12-14-27(15-13-17)23-22(20-8-10-21(11-9-20)26-18(2)29)24(30)28(25(23)31)16-19-6-4-3-5-7-19/h3-11,17H,12-16H2,1-2H3,(H,26,29). The third kappa shape index (κ3) is 4.38. The summed E-state index contributed by atoms with van der Waals surface area (Å²) in [5.74, 6) is -0.0415. The van der Waals surface area contributed by atoms with Crippen LogP contribution in [0, 0.1) is 5.92 Å². The molecule has 2 aliphatic rings. The SMILES string of the molecule is CC(=O)Nc1ccc(C2=C(N3CCC(C)CC3)C(=O)N(Cc3ccccc3)C2=O)cc1. The van der Waals surface area contributed by atoms with Gasteiger partial charge in [-0.1, -0.05) is 49.4 Å². The Morgan fingerprint density at radius 2 is 1.61 bits per heavy atom. The summed E-state index contributed by atoms with van der Waals surface area (Å²) in [7, 11) is 0. The number of hydrogen-bond donors (Lipinski definition) is 1. The normalized spacial score (nSPS) is 17.5. The van der Waals surface area contributed by atoms with Crippen molar-refractivity contribution in [1.82, 2.24) is 9.80 Å². The summed E-state index contributed by atoms with van der Waals surface area (Å²) in [6.45, 7) is 5.45. The molecule has 1 fully saturated rings. The Balaban J connectivity index is 1.70. The number of imide groups is 1. The second kappa shape index (κ2) is 8.76. The van der Waals surface area contributed by atoms with Crippen LogP contribution in [-0.2, 0) is 20.9 Å². The van der Waals surface area contributed by atoms with Crippen LogP contribution in [0.3, 0.4) is 0 Å². The lowest BCUT2D eigenvalue weighted by Gasteiger charge is -2.32. The third-order valence-corrected chi connectivity index (χ3v) is 5.92. The van der Waals surface area contributed by atoms with E-state index in [2.05, 4.69) is 17.1 Å². The smallest absolute Gasteiger partial charge is 0.278 e. The van der Waals surface area contributed by atoms with E-state index >= 15 is 0 Å². The zero-order chi connectivity index (χ0) is 22.0. The van der Waals surface area contributed by atoms with Crippen molar-refractivity contribution in [2.45, 2.75) is 33.2 Å². The molecule has 2 aromatic rings. The highest BCUT2D eigenvalue weighted by Crippen LogP contribution is 2.35. The summed E-state index contributed by atoms with van der Waals surface area (Å²) in [5.41, 5.74) is 3.21. The van der Waals surface area contributed by atoms with Crippen LogP contribution < -0.4 is 5.32 Å². The van der Waals surface area contributed by atoms with Crippen LogP contribution in [0.4, 0.5) is 5.69 Å². The van der Waals surface area contributed by atoms with E-state index in [9.17, 15) is 14.4 Å². The van der Waals surface area contributed by atoms with Crippen LogP contribution in [0.1, 0.15) is 37.8 Å². The summed E-state index contributed by atoms with van der Waals surface area (Å²) in [5, 5.41) is 2.74. The Hall–Kier alpha value is -3.41. The molecule has 0 saturated carbocycles. The molecule has 31 heavy (non-hydrogen) atoms. The largest absolute Gasteiger partial charge is 0.366 e. The molecule has 1 saturated heterocycles. The molecule has 160 valence electrons. The second-order valence-corrected chi connectivity index (χ2v) is 8.33. The van der Waals surface area contributed by atoms with Crippen LogP contribution in [-0.4, -0.2) is 40.6 Å². The highest BCUT2D eigenvalue weighted by molar-refractivity contribution is 6.35. The Kier molecular flexibility index (Phi) is 5.89. The lowest BCUT2D eigenvalue weighted by Crippen LogP contribution is -2.38. The van der Waals surface area contributed by atoms with Crippen molar-refractivity contribution >= 4 is 29.0 Å². The molecule has 0 bridgehead atoms. The third-order valence-electron chi connectivity index (χ3n) is 5.92. The van der Waals surface area contributed by atoms with Crippen LogP contribution in [0.2, 0.25) is 0 Å². The molecule has 2 aliphatic heterocycles. The lowest BCUT2D eigenvalue weighted by atomic mass is 9.97. The van der Waals surface area contributed by atoms with Gasteiger partial charge in [0.1, 0.15) is 5.70 Å². The predicted octanol–water partition coefficient (Wildman–Crippen LogP) is 3.66. The Bertz CT molecular complexity index is 1020. The number of carbonyl (C=O) groups excluding carboxylic acids is 3. The van der Waals surface area contributed by atoms with Gasteiger partial charge in [0, 0.05) is 25.7 Å². The van der Waals surface area contributed by atoms with E-state index in [1.165, 1.54) is 11.8 Å². The van der Waals surface area contributed by atoms with Gasteiger partial charge in [-0.05, 0) is 42.0 Å². The van der Waals surface area contributed by atoms with E-state index in [0.717, 1.165) is 31.5 Å². The molecule has 0 aromatic heterocycles. The number of anilines is 1. The molecule has 0 radical (unpaired) electrons. The van der Waals surface area contributed by atoms with Crippen molar-refractivity contribution in [3.05, 3.63) is 71.4 Å². The molecule has 1 N–H and O–H groups in total. The Morgan fingerprint density at radius 3 is 2.23 bits per heavy atom. The van der Waals surface area contributed by atoms with Crippen LogP contribution >= 0.6 is 0 Å². The quantitative estimate of drug-likeness (QED) is 0.754. The number of piperidine rings is 1. The second-order valence-electron chi connectivity index (χ2n) is 8.33. The van der Waals surface area contributed by atoms with E-state index in [0.29, 0.717) is 28.4 Å². The van der Waals surface area contributed by atoms with Crippen molar-refractivity contribution in [1.29, 1.82) is 0 Å². The first-order valence-electron chi connectivity index (χ1n) is 10.7. The summed E-state index contributed by atoms with van der Waals surface area (Å²) in [6, 6.07) is 16.7. The first-order valence-corrected chi connectivity index (χ1v) is 10.7. The number of rotatable bonds is 5. The van der Waals surface area contributed by atoms with E-state index in [-0.39, 0.29) is 24.3 Å². The highest BCUT2D eigenvalue weighted by atomic mass is 16.2. The molecule has 0 aliphatic carbocycles. The maximum Gasteiger partial charge on any atom is 0.278 e. The van der Waals surface area contributed by atoms with Crippen molar-refractivity contribution in [2.24, 2.45) is 5.92 Å². The van der Waals surface area contributed by atoms with Gasteiger partial charge in [-0.25, -0.2) is 0 Å². The number of carbonyl (C=O) groups is 3. The summed E-state index contributed by atoms with van der Waals surface area (Å²) in [4.78, 5) is 41.6. The van der Waals surface area contributed by atoms with Gasteiger partial charge in [-0.15, -0.1) is 0 Å². The number of hydrogen-bond acceptors (Lipinski definition) is 4. The Labute approximate surface area is 182 Å². The molecular formula is C25H27N3O3. The molecule has 0 unspecified atom stereocenters. The number of benzene rings is 2. The van der Waals surface area contributed by atoms with E-state index in [4.69, 9.17) is 0 Å². The van der Waals surface area contributed by atoms with Crippen LogP contribution in [0.25, 0.3) is 5.57 Å². The van der Waals surface area contributed by atoms with Gasteiger partial charge in [0.25, 0.3) is 11.8 Å². The average molecular weight is 418 g/mol. The minimum atomic E-state index is -0.269. The first kappa shape index (κ1) is 20.8. The highest BCUT2D eigenvalue weighted by Gasteiger charge is 2.42. The molecule has 0 spiro atoms. The molecule has 6 heteroatoms. The zero-order valence-corrected chi connectivity index (χ0v) is 17.9. The molecule has 4 rings (SSSR count). The van der Waals surface area contributed by atoms with Gasteiger partial charge in [0.05, 0.1) is 12.1 Å².